The Bertz CT molecular complexity index is 2570. The molecule has 2 aromatic rings. The number of rotatable bonds is 8. The maximum absolute atomic E-state index is 14.1. The van der Waals surface area contributed by atoms with Gasteiger partial charge in [0, 0.05) is 42.6 Å². The first-order valence-electron chi connectivity index (χ1n) is 22.2. The molecule has 4 heterocycles. The maximum Gasteiger partial charge on any atom is 0.349 e. The molecule has 0 aromatic carbocycles. The van der Waals surface area contributed by atoms with Gasteiger partial charge in [-0.2, -0.15) is 4.98 Å². The number of amides is 10. The van der Waals surface area contributed by atoms with Crippen molar-refractivity contribution in [2.24, 2.45) is 11.8 Å². The molecule has 2 saturated heterocycles. The van der Waals surface area contributed by atoms with Crippen molar-refractivity contribution < 1.29 is 47.9 Å². The third-order valence-corrected chi connectivity index (χ3v) is 13.2. The van der Waals surface area contributed by atoms with Crippen molar-refractivity contribution in [3.63, 3.8) is 0 Å². The number of carbonyl (C=O) groups excluding carboxylic acids is 10. The molecule has 0 spiro atoms. The Kier molecular flexibility index (Phi) is 20.3. The van der Waals surface area contributed by atoms with Crippen LogP contribution < -0.4 is 75.8 Å². The van der Waals surface area contributed by atoms with Gasteiger partial charge in [0.1, 0.15) is 67.2 Å². The minimum atomic E-state index is -1.62. The molecular formula is C41H59N15O13S2. The zero-order valence-corrected chi connectivity index (χ0v) is 41.4. The van der Waals surface area contributed by atoms with Gasteiger partial charge in [-0.1, -0.05) is 49.3 Å². The van der Waals surface area contributed by atoms with E-state index in [4.69, 9.17) is 5.73 Å². The number of nitrogen functional groups attached to an aromatic ring is 1. The van der Waals surface area contributed by atoms with Gasteiger partial charge in [0.05, 0.1) is 0 Å². The monoisotopic (exact) mass is 1030 g/mol. The van der Waals surface area contributed by atoms with E-state index in [1.165, 1.54) is 33.0 Å². The molecule has 0 unspecified atom stereocenters. The molecule has 4 rings (SSSR count). The number of nitrogens with one attached hydrogen (secondary N) is 11. The van der Waals surface area contributed by atoms with Crippen molar-refractivity contribution in [3.05, 3.63) is 55.3 Å². The molecule has 2 bridgehead atoms. The number of H-pyrrole nitrogens is 1. The fourth-order valence-corrected chi connectivity index (χ4v) is 8.99. The Morgan fingerprint density at radius 3 is 1.51 bits per heavy atom. The van der Waals surface area contributed by atoms with Crippen molar-refractivity contribution in [3.8, 4) is 0 Å². The van der Waals surface area contributed by atoms with Gasteiger partial charge in [0.15, 0.2) is 0 Å². The highest BCUT2D eigenvalue weighted by Gasteiger charge is 2.36. The second-order valence-electron chi connectivity index (χ2n) is 17.3. The number of hydrogen-bond acceptors (Lipinski definition) is 17. The number of fused-ring (bicyclic) bond motifs is 5. The number of anilines is 1. The van der Waals surface area contributed by atoms with Gasteiger partial charge in [0.2, 0.25) is 59.1 Å². The van der Waals surface area contributed by atoms with Crippen LogP contribution in [0.2, 0.25) is 0 Å². The second kappa shape index (κ2) is 25.6. The molecule has 28 nitrogen and oxygen atoms in total. The van der Waals surface area contributed by atoms with E-state index in [2.05, 4.69) is 63.1 Å². The van der Waals surface area contributed by atoms with Crippen LogP contribution in [-0.4, -0.2) is 151 Å². The molecule has 10 amide bonds. The average Bonchev–Trinajstić information content (AvgIpc) is 3.29. The topological polar surface area (TPSA) is 407 Å². The summed E-state index contributed by atoms with van der Waals surface area (Å²) in [6, 6.07) is -10.3. The van der Waals surface area contributed by atoms with Crippen LogP contribution in [0, 0.1) is 18.8 Å². The van der Waals surface area contributed by atoms with E-state index in [0.717, 1.165) is 36.9 Å². The summed E-state index contributed by atoms with van der Waals surface area (Å²) in [5.74, 6) is -10.8. The highest BCUT2D eigenvalue weighted by atomic mass is 33.1. The Labute approximate surface area is 412 Å². The molecular weight excluding hydrogens is 975 g/mol. The predicted molar refractivity (Wildman–Crippen MR) is 256 cm³/mol. The minimum absolute atomic E-state index is 0.103. The van der Waals surface area contributed by atoms with Gasteiger partial charge >= 0.3 is 11.4 Å². The summed E-state index contributed by atoms with van der Waals surface area (Å²) < 4.78 is 1.78. The molecule has 2 fully saturated rings. The predicted octanol–water partition coefficient (Wildman–Crippen LogP) is -6.44. The number of hydrogen-bond donors (Lipinski definition) is 12. The van der Waals surface area contributed by atoms with Gasteiger partial charge in [-0.25, -0.2) is 9.59 Å². The summed E-state index contributed by atoms with van der Waals surface area (Å²) in [5.41, 5.74) is 3.17. The van der Waals surface area contributed by atoms with E-state index in [1.54, 1.807) is 27.7 Å². The first-order valence-corrected chi connectivity index (χ1v) is 24.7. The number of aromatic amines is 1. The van der Waals surface area contributed by atoms with Crippen LogP contribution >= 0.6 is 21.6 Å². The number of nitrogens with two attached hydrogens (primary N) is 1. The van der Waals surface area contributed by atoms with Crippen LogP contribution in [0.15, 0.2) is 32.8 Å². The molecule has 2 aliphatic heterocycles. The van der Waals surface area contributed by atoms with Gasteiger partial charge in [-0.15, -0.1) is 0 Å². The quantitative estimate of drug-likeness (QED) is 0.109. The molecule has 388 valence electrons. The van der Waals surface area contributed by atoms with Crippen molar-refractivity contribution in [1.29, 1.82) is 0 Å². The van der Waals surface area contributed by atoms with Gasteiger partial charge in [0.25, 0.3) is 5.56 Å². The van der Waals surface area contributed by atoms with Crippen molar-refractivity contribution in [1.82, 2.24) is 72.3 Å². The summed E-state index contributed by atoms with van der Waals surface area (Å²) in [5, 5.41) is 25.0. The molecule has 8 atom stereocenters. The molecule has 0 saturated carbocycles. The molecule has 2 aliphatic rings. The molecule has 2 aromatic heterocycles. The van der Waals surface area contributed by atoms with E-state index >= 15 is 0 Å². The number of nitrogens with zero attached hydrogens (tertiary/aromatic N) is 3. The summed E-state index contributed by atoms with van der Waals surface area (Å²) in [7, 11) is 1.97. The van der Waals surface area contributed by atoms with E-state index in [9.17, 15) is 62.3 Å². The van der Waals surface area contributed by atoms with E-state index in [-0.39, 0.29) is 22.9 Å². The van der Waals surface area contributed by atoms with Gasteiger partial charge in [-0.3, -0.25) is 66.9 Å². The van der Waals surface area contributed by atoms with Crippen LogP contribution in [-0.2, 0) is 61.0 Å². The number of aryl methyl sites for hydroxylation is 1. The number of carbonyl (C=O) groups is 10. The summed E-state index contributed by atoms with van der Waals surface area (Å²) in [6.45, 7) is 7.76. The lowest BCUT2D eigenvalue weighted by molar-refractivity contribution is -0.135. The lowest BCUT2D eigenvalue weighted by atomic mass is 10.0. The van der Waals surface area contributed by atoms with Crippen LogP contribution in [0.25, 0.3) is 0 Å². The lowest BCUT2D eigenvalue weighted by Gasteiger charge is -2.29. The maximum atomic E-state index is 14.1. The van der Waals surface area contributed by atoms with Gasteiger partial charge < -0.3 is 58.9 Å². The minimum Gasteiger partial charge on any atom is -0.383 e. The molecule has 30 heteroatoms. The molecule has 0 radical (unpaired) electrons. The fourth-order valence-electron chi connectivity index (χ4n) is 6.66. The van der Waals surface area contributed by atoms with Crippen molar-refractivity contribution in [2.75, 3.05) is 30.3 Å². The Balaban J connectivity index is 1.71. The third-order valence-electron chi connectivity index (χ3n) is 10.8. The summed E-state index contributed by atoms with van der Waals surface area (Å²) in [6.07, 6.45) is 2.33. The first-order chi connectivity index (χ1) is 33.3. The van der Waals surface area contributed by atoms with Crippen LogP contribution in [0.3, 0.4) is 0 Å². The van der Waals surface area contributed by atoms with E-state index in [0.29, 0.717) is 0 Å². The van der Waals surface area contributed by atoms with Crippen LogP contribution in [0.1, 0.15) is 47.1 Å². The largest absolute Gasteiger partial charge is 0.383 e. The molecule has 71 heavy (non-hydrogen) atoms. The second-order valence-corrected chi connectivity index (χ2v) is 19.9. The van der Waals surface area contributed by atoms with Gasteiger partial charge in [-0.05, 0) is 38.7 Å². The summed E-state index contributed by atoms with van der Waals surface area (Å²) in [4.78, 5) is 180. The molecule has 0 aliphatic carbocycles. The Morgan fingerprint density at radius 1 is 0.648 bits per heavy atom. The van der Waals surface area contributed by atoms with Crippen molar-refractivity contribution >= 4 is 86.5 Å². The van der Waals surface area contributed by atoms with Crippen LogP contribution in [0.4, 0.5) is 5.82 Å². The average molecular weight is 1030 g/mol. The zero-order valence-electron chi connectivity index (χ0n) is 39.8. The van der Waals surface area contributed by atoms with E-state index < -0.39 is 162 Å². The first kappa shape index (κ1) is 56.3. The zero-order chi connectivity index (χ0) is 52.9. The highest BCUT2D eigenvalue weighted by Crippen LogP contribution is 2.24. The highest BCUT2D eigenvalue weighted by molar-refractivity contribution is 8.76. The Morgan fingerprint density at radius 2 is 1.08 bits per heavy atom. The standard InChI is InChI=1S/C41H59N15O13S2/c1-17(2)29-38(66)43-10-22(47-27(57)13-55-9-8-26(42)51-40(55)68)34(62)45-20(6)32(60)49-24-15-70-71-16-25(36(64)52-29)50-33(61)21(7)46-35(63)23(11-44-39(67)30(18(3)4)53-37(24)65)48-28(58)14-56-12-19(5)31(59)54-41(56)69/h8-9,12,17-18,20-25,29-30H,10-11,13-16H2,1-7H3,(H,43,66)(H,44,67)(H,45,62)(H,46,63)(H,47,57)(H,48,58)(H,49,60)(H,50,61)(H,52,64)(H,53,65)(H2,42,51,68)(H,54,59,69)/t20-,21-,22+,23+,24-,25-,29-,30-/m0/s1. The lowest BCUT2D eigenvalue weighted by Crippen LogP contribution is -2.62. The van der Waals surface area contributed by atoms with E-state index in [1.807, 2.05) is 0 Å². The number of aromatic nitrogens is 4. The normalized spacial score (nSPS) is 24.9. The SMILES string of the molecule is Cc1cn(CC(=O)N[C@@H]2CNC(=O)[C@H](C(C)C)NC(=O)[C@@H]3CSSC[C@H](NC(=O)[C@H](C)NC2=O)C(=O)N[C@@H](C(C)C)C(=O)NC[C@@H](NC(=O)Cn2ccc(N)nc2=O)C(=O)N[C@@H](C)C(=O)N3)c(=O)[nH]c1=O. The summed E-state index contributed by atoms with van der Waals surface area (Å²) >= 11 is 0. The third kappa shape index (κ3) is 16.4. The van der Waals surface area contributed by atoms with Crippen molar-refractivity contribution in [2.45, 2.75) is 110 Å². The molecule has 13 N–H and O–H groups in total. The fraction of sp³-hybridized carbons (Fsp3) is 0.561. The smallest absolute Gasteiger partial charge is 0.349 e. The van der Waals surface area contributed by atoms with Crippen LogP contribution in [0.5, 0.6) is 0 Å². The Hall–Kier alpha value is -7.24.